The minimum atomic E-state index is -2.73. The predicted octanol–water partition coefficient (Wildman–Crippen LogP) is 2.73. The Labute approximate surface area is 165 Å². The number of benzene rings is 2. The maximum atomic E-state index is 12.1. The molecule has 1 heterocycles. The van der Waals surface area contributed by atoms with E-state index in [4.69, 9.17) is 0 Å². The van der Waals surface area contributed by atoms with Crippen LogP contribution in [0, 0.1) is 0 Å². The molecule has 0 fully saturated rings. The zero-order valence-electron chi connectivity index (χ0n) is 15.8. The van der Waals surface area contributed by atoms with E-state index >= 15 is 0 Å². The third-order valence-corrected chi connectivity index (χ3v) is 5.48. The van der Waals surface area contributed by atoms with E-state index in [0.717, 1.165) is 22.4 Å². The summed E-state index contributed by atoms with van der Waals surface area (Å²) < 4.78 is 23.5. The zero-order valence-corrected chi connectivity index (χ0v) is 16.6. The lowest BCUT2D eigenvalue weighted by Crippen LogP contribution is -2.45. The van der Waals surface area contributed by atoms with Crippen molar-refractivity contribution in [2.45, 2.75) is 39.2 Å². The number of aliphatic imine (C=N–C) groups is 1. The molecule has 28 heavy (non-hydrogen) atoms. The van der Waals surface area contributed by atoms with Gasteiger partial charge in [-0.1, -0.05) is 62.4 Å². The molecular weight excluding hydrogens is 376 g/mol. The van der Waals surface area contributed by atoms with Gasteiger partial charge in [0.15, 0.2) is 11.0 Å². The summed E-state index contributed by atoms with van der Waals surface area (Å²) >= 11 is 0. The maximum Gasteiger partial charge on any atom is 0.334 e. The molecule has 1 aliphatic heterocycles. The number of rotatable bonds is 6. The van der Waals surface area contributed by atoms with Crippen LogP contribution >= 0.6 is 0 Å². The van der Waals surface area contributed by atoms with Gasteiger partial charge in [0.1, 0.15) is 5.84 Å². The highest BCUT2D eigenvalue weighted by atomic mass is 32.2. The molecule has 0 amide bonds. The molecule has 7 heteroatoms. The summed E-state index contributed by atoms with van der Waals surface area (Å²) in [5.74, 6) is -0.813. The van der Waals surface area contributed by atoms with Gasteiger partial charge in [0.05, 0.1) is 0 Å². The summed E-state index contributed by atoms with van der Waals surface area (Å²) in [5, 5.41) is 9.87. The minimum Gasteiger partial charge on any atom is -0.479 e. The molecule has 1 unspecified atom stereocenters. The van der Waals surface area contributed by atoms with Gasteiger partial charge in [-0.2, -0.15) is 8.42 Å². The lowest BCUT2D eigenvalue weighted by atomic mass is 10.00. The third kappa shape index (κ3) is 3.71. The van der Waals surface area contributed by atoms with Crippen LogP contribution in [0.5, 0.6) is 0 Å². The Hall–Kier alpha value is -2.93. The van der Waals surface area contributed by atoms with Crippen LogP contribution in [0.3, 0.4) is 0 Å². The average Bonchev–Trinajstić information content (AvgIpc) is 3.07. The van der Waals surface area contributed by atoms with Crippen molar-refractivity contribution < 1.29 is 18.3 Å². The van der Waals surface area contributed by atoms with E-state index in [-0.39, 0.29) is 4.99 Å². The van der Waals surface area contributed by atoms with Gasteiger partial charge in [-0.25, -0.2) is 9.79 Å². The van der Waals surface area contributed by atoms with E-state index in [1.165, 1.54) is 0 Å². The van der Waals surface area contributed by atoms with Gasteiger partial charge in [0.25, 0.3) is 0 Å². The smallest absolute Gasteiger partial charge is 0.334 e. The number of amidine groups is 1. The first-order chi connectivity index (χ1) is 13.5. The fourth-order valence-corrected chi connectivity index (χ4v) is 4.10. The standard InChI is InChI=1S/C21H22N2O4S/c1-3-15-11-8-12-16(4-2)18(15)23-17(13-14-9-6-5-7-10-14)22-20(28(26)27)19(23)21(24)25/h5-12,19H,3-4,13H2,1-2H3,(H,24,25). The quantitative estimate of drug-likeness (QED) is 0.756. The van der Waals surface area contributed by atoms with E-state index in [0.29, 0.717) is 25.1 Å². The Kier molecular flexibility index (Phi) is 5.94. The molecule has 0 bridgehead atoms. The van der Waals surface area contributed by atoms with Crippen LogP contribution in [0.2, 0.25) is 0 Å². The van der Waals surface area contributed by atoms with Crippen LogP contribution in [0.15, 0.2) is 53.5 Å². The molecule has 2 aromatic rings. The number of carbonyl (C=O) groups is 1. The first kappa shape index (κ1) is 19.8. The monoisotopic (exact) mass is 398 g/mol. The molecule has 1 N–H and O–H groups in total. The highest BCUT2D eigenvalue weighted by molar-refractivity contribution is 7.73. The Morgan fingerprint density at radius 1 is 1.04 bits per heavy atom. The van der Waals surface area contributed by atoms with Crippen LogP contribution in [-0.4, -0.2) is 36.4 Å². The third-order valence-electron chi connectivity index (χ3n) is 4.83. The van der Waals surface area contributed by atoms with Crippen LogP contribution < -0.4 is 4.90 Å². The largest absolute Gasteiger partial charge is 0.479 e. The number of hydrogen-bond donors (Lipinski definition) is 1. The fraction of sp³-hybridized carbons (Fsp3) is 0.286. The molecule has 0 saturated carbocycles. The summed E-state index contributed by atoms with van der Waals surface area (Å²) in [7, 11) is -2.73. The number of carboxylic acid groups (broad SMARTS) is 1. The molecule has 0 radical (unpaired) electrons. The lowest BCUT2D eigenvalue weighted by Gasteiger charge is -2.29. The lowest BCUT2D eigenvalue weighted by molar-refractivity contribution is -0.136. The Morgan fingerprint density at radius 2 is 1.64 bits per heavy atom. The highest BCUT2D eigenvalue weighted by Gasteiger charge is 2.42. The van der Waals surface area contributed by atoms with Crippen LogP contribution in [0.4, 0.5) is 5.69 Å². The summed E-state index contributed by atoms with van der Waals surface area (Å²) in [4.78, 5) is 17.6. The maximum absolute atomic E-state index is 12.1. The van der Waals surface area contributed by atoms with Gasteiger partial charge < -0.3 is 10.0 Å². The Balaban J connectivity index is 2.24. The topological polar surface area (TPSA) is 87.0 Å². The van der Waals surface area contributed by atoms with Crippen molar-refractivity contribution in [3.8, 4) is 0 Å². The number of anilines is 1. The van der Waals surface area contributed by atoms with Crippen LogP contribution in [0.25, 0.3) is 0 Å². The second kappa shape index (κ2) is 8.39. The number of nitrogens with zero attached hydrogens (tertiary/aromatic N) is 2. The first-order valence-corrected chi connectivity index (χ1v) is 10.3. The Bertz CT molecular complexity index is 1030. The SMILES string of the molecule is CCc1cccc(CC)c1N1C(Cc2ccccc2)=NC(=S(=O)=O)C1C(=O)O. The van der Waals surface area contributed by atoms with E-state index in [2.05, 4.69) is 4.99 Å². The van der Waals surface area contributed by atoms with Gasteiger partial charge in [-0.05, 0) is 29.5 Å². The molecule has 6 nitrogen and oxygen atoms in total. The minimum absolute atomic E-state index is 0.340. The van der Waals surface area contributed by atoms with Gasteiger partial charge in [-0.15, -0.1) is 0 Å². The highest BCUT2D eigenvalue weighted by Crippen LogP contribution is 2.33. The Morgan fingerprint density at radius 3 is 2.14 bits per heavy atom. The molecule has 2 aromatic carbocycles. The van der Waals surface area contributed by atoms with E-state index in [9.17, 15) is 18.3 Å². The predicted molar refractivity (Wildman–Crippen MR) is 111 cm³/mol. The number of aliphatic carboxylic acids is 1. The molecule has 0 saturated heterocycles. The van der Waals surface area contributed by atoms with Crippen molar-refractivity contribution in [2.24, 2.45) is 4.99 Å². The van der Waals surface area contributed by atoms with Crippen molar-refractivity contribution in [2.75, 3.05) is 4.90 Å². The van der Waals surface area contributed by atoms with Gasteiger partial charge in [0.2, 0.25) is 10.3 Å². The first-order valence-electron chi connectivity index (χ1n) is 9.18. The van der Waals surface area contributed by atoms with Gasteiger partial charge in [-0.3, -0.25) is 0 Å². The molecule has 0 aromatic heterocycles. The second-order valence-corrected chi connectivity index (χ2v) is 7.39. The zero-order chi connectivity index (χ0) is 20.3. The van der Waals surface area contributed by atoms with Gasteiger partial charge in [0, 0.05) is 12.1 Å². The van der Waals surface area contributed by atoms with Crippen molar-refractivity contribution in [1.29, 1.82) is 0 Å². The average molecular weight is 398 g/mol. The molecule has 146 valence electrons. The summed E-state index contributed by atoms with van der Waals surface area (Å²) in [6, 6.07) is 14.0. The molecular formula is C21H22N2O4S. The number of aryl methyl sites for hydroxylation is 2. The summed E-state index contributed by atoms with van der Waals surface area (Å²) in [6.07, 6.45) is 1.73. The van der Waals surface area contributed by atoms with E-state index in [1.807, 2.05) is 62.4 Å². The number of carboxylic acids is 1. The molecule has 3 rings (SSSR count). The molecule has 0 aliphatic carbocycles. The summed E-state index contributed by atoms with van der Waals surface area (Å²) in [5.41, 5.74) is 3.60. The van der Waals surface area contributed by atoms with Crippen molar-refractivity contribution in [3.05, 3.63) is 65.2 Å². The molecule has 0 spiro atoms. The number of para-hydroxylation sites is 1. The van der Waals surface area contributed by atoms with Crippen molar-refractivity contribution in [1.82, 2.24) is 0 Å². The van der Waals surface area contributed by atoms with Gasteiger partial charge >= 0.3 is 5.97 Å². The number of hydrogen-bond acceptors (Lipinski definition) is 4. The van der Waals surface area contributed by atoms with E-state index in [1.54, 1.807) is 4.90 Å². The van der Waals surface area contributed by atoms with Crippen LogP contribution in [-0.2, 0) is 34.4 Å². The van der Waals surface area contributed by atoms with Crippen molar-refractivity contribution in [3.63, 3.8) is 0 Å². The normalized spacial score (nSPS) is 16.2. The van der Waals surface area contributed by atoms with Crippen molar-refractivity contribution >= 4 is 32.8 Å². The summed E-state index contributed by atoms with van der Waals surface area (Å²) in [6.45, 7) is 3.99. The van der Waals surface area contributed by atoms with E-state index < -0.39 is 22.3 Å². The molecule has 1 atom stereocenters. The second-order valence-electron chi connectivity index (χ2n) is 6.51. The fourth-order valence-electron chi connectivity index (χ4n) is 3.53. The molecule has 1 aliphatic rings. The van der Waals surface area contributed by atoms with Crippen LogP contribution in [0.1, 0.15) is 30.5 Å².